The van der Waals surface area contributed by atoms with Crippen LogP contribution in [-0.4, -0.2) is 33.8 Å². The molecule has 1 saturated heterocycles. The molecule has 3 aromatic rings. The van der Waals surface area contributed by atoms with Crippen molar-refractivity contribution in [2.45, 2.75) is 26.4 Å². The molecule has 8 heteroatoms. The van der Waals surface area contributed by atoms with E-state index in [1.165, 1.54) is 33.0 Å². The van der Waals surface area contributed by atoms with Gasteiger partial charge < -0.3 is 0 Å². The topological polar surface area (TPSA) is 73.8 Å². The van der Waals surface area contributed by atoms with Gasteiger partial charge in [-0.15, -0.1) is 11.3 Å². The number of imide groups is 1. The summed E-state index contributed by atoms with van der Waals surface area (Å²) in [5.74, 6) is -0.441. The van der Waals surface area contributed by atoms with Crippen LogP contribution in [0.15, 0.2) is 66.0 Å². The maximum absolute atomic E-state index is 12.9. The summed E-state index contributed by atoms with van der Waals surface area (Å²) in [6.45, 7) is 3.25. The van der Waals surface area contributed by atoms with Crippen molar-refractivity contribution in [1.82, 2.24) is 9.88 Å². The van der Waals surface area contributed by atoms with Crippen LogP contribution in [0.4, 0.5) is 21.3 Å². The smallest absolute Gasteiger partial charge is 0.282 e. The number of hydrogen-bond acceptors (Lipinski definition) is 5. The number of benzene rings is 2. The van der Waals surface area contributed by atoms with Crippen molar-refractivity contribution in [2.24, 2.45) is 0 Å². The van der Waals surface area contributed by atoms with Crippen LogP contribution >= 0.6 is 11.3 Å². The molecule has 0 N–H and O–H groups in total. The third-order valence-electron chi connectivity index (χ3n) is 4.86. The SMILES string of the molecule is CC(=O)N(c1ccccc1)c1nc(CN2C(=O)[C@H](C)N(c3ccccc3)C2=O)cs1. The molecule has 1 aliphatic rings. The number of rotatable bonds is 5. The van der Waals surface area contributed by atoms with Crippen LogP contribution in [0, 0.1) is 0 Å². The Morgan fingerprint density at radius 1 is 1.07 bits per heavy atom. The second-order valence-electron chi connectivity index (χ2n) is 6.90. The lowest BCUT2D eigenvalue weighted by molar-refractivity contribution is -0.127. The molecule has 4 rings (SSSR count). The van der Waals surface area contributed by atoms with Crippen LogP contribution in [0.5, 0.6) is 0 Å². The average Bonchev–Trinajstić information content (AvgIpc) is 3.28. The van der Waals surface area contributed by atoms with Gasteiger partial charge in [-0.2, -0.15) is 0 Å². The van der Waals surface area contributed by atoms with E-state index >= 15 is 0 Å². The predicted octanol–water partition coefficient (Wildman–Crippen LogP) is 4.19. The maximum atomic E-state index is 12.9. The van der Waals surface area contributed by atoms with Gasteiger partial charge in [0.1, 0.15) is 6.04 Å². The van der Waals surface area contributed by atoms with Crippen molar-refractivity contribution in [3.05, 3.63) is 71.7 Å². The highest BCUT2D eigenvalue weighted by Crippen LogP contribution is 2.31. The Morgan fingerprint density at radius 2 is 1.70 bits per heavy atom. The molecule has 0 bridgehead atoms. The first kappa shape index (κ1) is 19.8. The highest BCUT2D eigenvalue weighted by atomic mass is 32.1. The number of carbonyl (C=O) groups excluding carboxylic acids is 3. The molecule has 0 saturated carbocycles. The fraction of sp³-hybridized carbons (Fsp3) is 0.182. The second kappa shape index (κ2) is 8.08. The minimum atomic E-state index is -0.587. The molecular formula is C22H20N4O3S. The third-order valence-corrected chi connectivity index (χ3v) is 5.74. The average molecular weight is 420 g/mol. The zero-order valence-corrected chi connectivity index (χ0v) is 17.4. The number of thiazole rings is 1. The lowest BCUT2D eigenvalue weighted by Gasteiger charge is -2.19. The van der Waals surface area contributed by atoms with Crippen LogP contribution in [0.2, 0.25) is 0 Å². The van der Waals surface area contributed by atoms with Crippen LogP contribution in [0.25, 0.3) is 0 Å². The summed E-state index contributed by atoms with van der Waals surface area (Å²) in [7, 11) is 0. The number of amides is 4. The van der Waals surface area contributed by atoms with E-state index in [1.807, 2.05) is 48.5 Å². The van der Waals surface area contributed by atoms with E-state index in [4.69, 9.17) is 0 Å². The van der Waals surface area contributed by atoms with Crippen molar-refractivity contribution in [1.29, 1.82) is 0 Å². The molecule has 30 heavy (non-hydrogen) atoms. The number of urea groups is 1. The molecule has 0 unspecified atom stereocenters. The summed E-state index contributed by atoms with van der Waals surface area (Å²) in [4.78, 5) is 46.6. The van der Waals surface area contributed by atoms with Gasteiger partial charge in [-0.3, -0.25) is 24.3 Å². The number of anilines is 3. The first-order chi connectivity index (χ1) is 14.5. The fourth-order valence-electron chi connectivity index (χ4n) is 3.43. The van der Waals surface area contributed by atoms with Gasteiger partial charge >= 0.3 is 6.03 Å². The third kappa shape index (κ3) is 3.57. The Hall–Kier alpha value is -3.52. The van der Waals surface area contributed by atoms with Crippen LogP contribution in [-0.2, 0) is 16.1 Å². The van der Waals surface area contributed by atoms with Crippen LogP contribution in [0.3, 0.4) is 0 Å². The van der Waals surface area contributed by atoms with Gasteiger partial charge in [0.25, 0.3) is 5.91 Å². The zero-order valence-electron chi connectivity index (χ0n) is 16.6. The Bertz CT molecular complexity index is 1080. The second-order valence-corrected chi connectivity index (χ2v) is 7.74. The molecule has 0 radical (unpaired) electrons. The first-order valence-electron chi connectivity index (χ1n) is 9.47. The van der Waals surface area contributed by atoms with E-state index in [0.29, 0.717) is 22.2 Å². The number of hydrogen-bond donors (Lipinski definition) is 0. The minimum absolute atomic E-state index is 0.0579. The molecule has 1 fully saturated rings. The standard InChI is InChI=1S/C22H20N4O3S/c1-15-20(28)24(22(29)25(15)18-9-5-3-6-10-18)13-17-14-30-21(23-17)26(16(2)27)19-11-7-4-8-12-19/h3-12,14-15H,13H2,1-2H3/t15-/m0/s1. The molecular weight excluding hydrogens is 400 g/mol. The number of para-hydroxylation sites is 2. The highest BCUT2D eigenvalue weighted by Gasteiger charge is 2.43. The summed E-state index contributed by atoms with van der Waals surface area (Å²) in [6.07, 6.45) is 0. The molecule has 152 valence electrons. The van der Waals surface area contributed by atoms with Crippen molar-refractivity contribution in [3.8, 4) is 0 Å². The van der Waals surface area contributed by atoms with E-state index in [2.05, 4.69) is 4.98 Å². The molecule has 1 aliphatic heterocycles. The molecule has 0 spiro atoms. The van der Waals surface area contributed by atoms with Gasteiger partial charge in [-0.05, 0) is 31.2 Å². The minimum Gasteiger partial charge on any atom is -0.282 e. The molecule has 1 aromatic heterocycles. The highest BCUT2D eigenvalue weighted by molar-refractivity contribution is 7.14. The quantitative estimate of drug-likeness (QED) is 0.580. The Balaban J connectivity index is 1.57. The molecule has 4 amide bonds. The largest absolute Gasteiger partial charge is 0.332 e. The summed E-state index contributed by atoms with van der Waals surface area (Å²) in [5.41, 5.74) is 1.95. The van der Waals surface area contributed by atoms with Gasteiger partial charge in [-0.25, -0.2) is 9.78 Å². The molecule has 0 aliphatic carbocycles. The van der Waals surface area contributed by atoms with E-state index in [9.17, 15) is 14.4 Å². The predicted molar refractivity (Wildman–Crippen MR) is 116 cm³/mol. The number of aromatic nitrogens is 1. The first-order valence-corrected chi connectivity index (χ1v) is 10.3. The Labute approximate surface area is 178 Å². The lowest BCUT2D eigenvalue weighted by Crippen LogP contribution is -2.33. The molecule has 1 atom stereocenters. The Kier molecular flexibility index (Phi) is 5.33. The van der Waals surface area contributed by atoms with E-state index in [0.717, 1.165) is 0 Å². The summed E-state index contributed by atoms with van der Waals surface area (Å²) in [6, 6.07) is 17.4. The van der Waals surface area contributed by atoms with Crippen molar-refractivity contribution in [2.75, 3.05) is 9.80 Å². The maximum Gasteiger partial charge on any atom is 0.332 e. The van der Waals surface area contributed by atoms with Gasteiger partial charge in [0.05, 0.1) is 17.9 Å². The van der Waals surface area contributed by atoms with Gasteiger partial charge in [0.2, 0.25) is 5.91 Å². The fourth-order valence-corrected chi connectivity index (χ4v) is 4.31. The molecule has 2 aromatic carbocycles. The summed E-state index contributed by atoms with van der Waals surface area (Å²) in [5, 5.41) is 2.26. The van der Waals surface area contributed by atoms with Gasteiger partial charge in [-0.1, -0.05) is 36.4 Å². The van der Waals surface area contributed by atoms with E-state index in [1.54, 1.807) is 24.4 Å². The normalized spacial score (nSPS) is 16.3. The summed E-state index contributed by atoms with van der Waals surface area (Å²) < 4.78 is 0. The van der Waals surface area contributed by atoms with Crippen LogP contribution < -0.4 is 9.80 Å². The molecule has 2 heterocycles. The van der Waals surface area contributed by atoms with E-state index < -0.39 is 6.04 Å². The van der Waals surface area contributed by atoms with Crippen molar-refractivity contribution < 1.29 is 14.4 Å². The zero-order chi connectivity index (χ0) is 21.3. The van der Waals surface area contributed by atoms with Gasteiger partial charge in [0, 0.05) is 18.0 Å². The molecule has 7 nitrogen and oxygen atoms in total. The lowest BCUT2D eigenvalue weighted by atomic mass is 10.2. The van der Waals surface area contributed by atoms with Gasteiger partial charge in [0.15, 0.2) is 5.13 Å². The number of nitrogens with zero attached hydrogens (tertiary/aromatic N) is 4. The van der Waals surface area contributed by atoms with Crippen LogP contribution in [0.1, 0.15) is 19.5 Å². The van der Waals surface area contributed by atoms with Crippen molar-refractivity contribution in [3.63, 3.8) is 0 Å². The monoisotopic (exact) mass is 420 g/mol. The summed E-state index contributed by atoms with van der Waals surface area (Å²) >= 11 is 1.30. The van der Waals surface area contributed by atoms with Crippen molar-refractivity contribution >= 4 is 45.7 Å². The Morgan fingerprint density at radius 3 is 2.33 bits per heavy atom. The van der Waals surface area contributed by atoms with E-state index in [-0.39, 0.29) is 24.4 Å². The number of carbonyl (C=O) groups is 3.